The van der Waals surface area contributed by atoms with Crippen LogP contribution < -0.4 is 5.32 Å². The van der Waals surface area contributed by atoms with E-state index in [1.54, 1.807) is 11.6 Å². The van der Waals surface area contributed by atoms with E-state index in [1.165, 1.54) is 0 Å². The highest BCUT2D eigenvalue weighted by Gasteiger charge is 2.29. The van der Waals surface area contributed by atoms with Crippen molar-refractivity contribution < 1.29 is 13.2 Å². The second kappa shape index (κ2) is 6.58. The fraction of sp³-hybridized carbons (Fsp3) is 0.714. The summed E-state index contributed by atoms with van der Waals surface area (Å²) in [6.45, 7) is 6.84. The summed E-state index contributed by atoms with van der Waals surface area (Å²) in [5.74, 6) is 0.420. The summed E-state index contributed by atoms with van der Waals surface area (Å²) in [5.41, 5.74) is 0.963. The number of rotatable bonds is 5. The Morgan fingerprint density at radius 3 is 2.73 bits per heavy atom. The predicted molar refractivity (Wildman–Crippen MR) is 85.9 cm³/mol. The van der Waals surface area contributed by atoms with Crippen LogP contribution in [0.4, 0.5) is 0 Å². The third-order valence-electron chi connectivity index (χ3n) is 3.71. The van der Waals surface area contributed by atoms with E-state index in [-0.39, 0.29) is 23.3 Å². The third-order valence-corrected chi connectivity index (χ3v) is 5.93. The van der Waals surface area contributed by atoms with E-state index in [2.05, 4.69) is 10.4 Å². The van der Waals surface area contributed by atoms with Crippen LogP contribution in [0, 0.1) is 18.8 Å². The van der Waals surface area contributed by atoms with Crippen molar-refractivity contribution in [3.8, 4) is 0 Å². The van der Waals surface area contributed by atoms with Crippen LogP contribution in [-0.2, 0) is 16.4 Å². The minimum atomic E-state index is -2.93. The number of halogens is 1. The highest BCUT2D eigenvalue weighted by Crippen LogP contribution is 2.22. The smallest absolute Gasteiger partial charge is 0.256 e. The molecule has 2 heterocycles. The quantitative estimate of drug-likeness (QED) is 0.878. The summed E-state index contributed by atoms with van der Waals surface area (Å²) in [6.07, 6.45) is 0.599. The molecule has 0 saturated carbocycles. The van der Waals surface area contributed by atoms with Gasteiger partial charge in [0.05, 0.1) is 22.8 Å². The number of aryl methyl sites for hydroxylation is 1. The monoisotopic (exact) mass is 347 g/mol. The average Bonchev–Trinajstić information content (AvgIpc) is 2.87. The average molecular weight is 348 g/mol. The van der Waals surface area contributed by atoms with Crippen molar-refractivity contribution in [3.63, 3.8) is 0 Å². The number of hydrogen-bond acceptors (Lipinski definition) is 4. The fourth-order valence-corrected chi connectivity index (χ4v) is 4.83. The molecular weight excluding hydrogens is 326 g/mol. The predicted octanol–water partition coefficient (Wildman–Crippen LogP) is 1.67. The first-order valence-electron chi connectivity index (χ1n) is 7.41. The largest absolute Gasteiger partial charge is 0.352 e. The Balaban J connectivity index is 2.02. The van der Waals surface area contributed by atoms with Crippen LogP contribution in [0.5, 0.6) is 0 Å². The summed E-state index contributed by atoms with van der Waals surface area (Å²) in [6, 6.07) is 0. The van der Waals surface area contributed by atoms with Crippen LogP contribution in [0.15, 0.2) is 0 Å². The maximum Gasteiger partial charge on any atom is 0.256 e. The topological polar surface area (TPSA) is 81.1 Å². The van der Waals surface area contributed by atoms with Gasteiger partial charge >= 0.3 is 0 Å². The van der Waals surface area contributed by atoms with Crippen molar-refractivity contribution >= 4 is 27.3 Å². The fourth-order valence-electron chi connectivity index (χ4n) is 2.64. The Hall–Kier alpha value is -1.08. The number of aromatic nitrogens is 2. The molecule has 1 atom stereocenters. The molecule has 124 valence electrons. The van der Waals surface area contributed by atoms with Crippen molar-refractivity contribution in [2.24, 2.45) is 11.8 Å². The van der Waals surface area contributed by atoms with Gasteiger partial charge in [0.1, 0.15) is 5.15 Å². The zero-order valence-electron chi connectivity index (χ0n) is 13.1. The highest BCUT2D eigenvalue weighted by molar-refractivity contribution is 7.91. The molecule has 1 N–H and O–H groups in total. The van der Waals surface area contributed by atoms with E-state index in [0.29, 0.717) is 41.8 Å². The van der Waals surface area contributed by atoms with Gasteiger partial charge in [0.15, 0.2) is 9.84 Å². The minimum absolute atomic E-state index is 0.0151. The molecule has 0 aromatic carbocycles. The van der Waals surface area contributed by atoms with Crippen molar-refractivity contribution in [1.29, 1.82) is 0 Å². The van der Waals surface area contributed by atoms with E-state index < -0.39 is 9.84 Å². The first kappa shape index (κ1) is 17.3. The lowest BCUT2D eigenvalue weighted by Gasteiger charge is -2.10. The number of amides is 1. The number of carbonyl (C=O) groups excluding carboxylic acids is 1. The molecule has 0 aliphatic carbocycles. The van der Waals surface area contributed by atoms with Crippen molar-refractivity contribution in [3.05, 3.63) is 16.4 Å². The van der Waals surface area contributed by atoms with Crippen molar-refractivity contribution in [1.82, 2.24) is 15.1 Å². The number of sulfone groups is 1. The molecule has 8 heteroatoms. The Morgan fingerprint density at radius 2 is 2.18 bits per heavy atom. The number of carbonyl (C=O) groups is 1. The van der Waals surface area contributed by atoms with Crippen LogP contribution in [0.25, 0.3) is 0 Å². The SMILES string of the molecule is Cc1nn(CC(C)C)c(Cl)c1C(=O)NC[C@@H]1CCS(=O)(=O)C1. The molecule has 2 rings (SSSR count). The molecule has 0 radical (unpaired) electrons. The Labute approximate surface area is 136 Å². The van der Waals surface area contributed by atoms with E-state index in [0.717, 1.165) is 0 Å². The normalized spacial score (nSPS) is 20.5. The first-order chi connectivity index (χ1) is 10.2. The minimum Gasteiger partial charge on any atom is -0.352 e. The second-order valence-electron chi connectivity index (χ2n) is 6.31. The summed E-state index contributed by atoms with van der Waals surface area (Å²) >= 11 is 6.25. The van der Waals surface area contributed by atoms with E-state index in [9.17, 15) is 13.2 Å². The van der Waals surface area contributed by atoms with Gasteiger partial charge < -0.3 is 5.32 Å². The van der Waals surface area contributed by atoms with Crippen molar-refractivity contribution in [2.75, 3.05) is 18.1 Å². The van der Waals surface area contributed by atoms with Gasteiger partial charge in [-0.3, -0.25) is 9.48 Å². The summed E-state index contributed by atoms with van der Waals surface area (Å²) in [4.78, 5) is 12.3. The van der Waals surface area contributed by atoms with Gasteiger partial charge in [-0.15, -0.1) is 0 Å². The van der Waals surface area contributed by atoms with Gasteiger partial charge in [0.2, 0.25) is 0 Å². The number of nitrogens with zero attached hydrogens (tertiary/aromatic N) is 2. The molecule has 1 fully saturated rings. The summed E-state index contributed by atoms with van der Waals surface area (Å²) in [5, 5.41) is 7.42. The van der Waals surface area contributed by atoms with Crippen LogP contribution in [0.3, 0.4) is 0 Å². The Morgan fingerprint density at radius 1 is 1.50 bits per heavy atom. The van der Waals surface area contributed by atoms with Gasteiger partial charge in [-0.25, -0.2) is 8.42 Å². The lowest BCUT2D eigenvalue weighted by Crippen LogP contribution is -2.30. The molecule has 0 bridgehead atoms. The molecule has 1 aliphatic rings. The molecule has 0 unspecified atom stereocenters. The lowest BCUT2D eigenvalue weighted by atomic mass is 10.1. The highest BCUT2D eigenvalue weighted by atomic mass is 35.5. The molecule has 22 heavy (non-hydrogen) atoms. The van der Waals surface area contributed by atoms with E-state index >= 15 is 0 Å². The second-order valence-corrected chi connectivity index (χ2v) is 8.89. The van der Waals surface area contributed by atoms with Gasteiger partial charge in [-0.2, -0.15) is 5.10 Å². The van der Waals surface area contributed by atoms with Gasteiger partial charge in [-0.05, 0) is 25.2 Å². The molecule has 1 amide bonds. The van der Waals surface area contributed by atoms with Crippen LogP contribution in [-0.4, -0.2) is 42.2 Å². The molecule has 1 saturated heterocycles. The zero-order chi connectivity index (χ0) is 16.5. The molecule has 1 aromatic rings. The van der Waals surface area contributed by atoms with Crippen LogP contribution >= 0.6 is 11.6 Å². The third kappa shape index (κ3) is 4.01. The Kier molecular flexibility index (Phi) is 5.17. The number of nitrogens with one attached hydrogen (secondary N) is 1. The maximum atomic E-state index is 12.3. The molecule has 1 aliphatic heterocycles. The number of hydrogen-bond donors (Lipinski definition) is 1. The van der Waals surface area contributed by atoms with Crippen LogP contribution in [0.1, 0.15) is 36.3 Å². The maximum absolute atomic E-state index is 12.3. The summed E-state index contributed by atoms with van der Waals surface area (Å²) < 4.78 is 24.5. The van der Waals surface area contributed by atoms with Crippen LogP contribution in [0.2, 0.25) is 5.15 Å². The molecule has 6 nitrogen and oxygen atoms in total. The van der Waals surface area contributed by atoms with E-state index in [4.69, 9.17) is 11.6 Å². The molecular formula is C14H22ClN3O3S. The van der Waals surface area contributed by atoms with Gasteiger partial charge in [0.25, 0.3) is 5.91 Å². The zero-order valence-corrected chi connectivity index (χ0v) is 14.7. The Bertz CT molecular complexity index is 667. The van der Waals surface area contributed by atoms with Gasteiger partial charge in [0, 0.05) is 13.1 Å². The van der Waals surface area contributed by atoms with Crippen molar-refractivity contribution in [2.45, 2.75) is 33.7 Å². The van der Waals surface area contributed by atoms with Gasteiger partial charge in [-0.1, -0.05) is 25.4 Å². The standard InChI is InChI=1S/C14H22ClN3O3S/c1-9(2)7-18-13(15)12(10(3)17-18)14(19)16-6-11-4-5-22(20,21)8-11/h9,11H,4-8H2,1-3H3,(H,16,19)/t11-/m0/s1. The molecule has 0 spiro atoms. The van der Waals surface area contributed by atoms with E-state index in [1.807, 2.05) is 13.8 Å². The summed E-state index contributed by atoms with van der Waals surface area (Å²) in [7, 11) is -2.93. The molecule has 1 aromatic heterocycles. The lowest BCUT2D eigenvalue weighted by molar-refractivity contribution is 0.0948. The first-order valence-corrected chi connectivity index (χ1v) is 9.61.